The van der Waals surface area contributed by atoms with Gasteiger partial charge < -0.3 is 10.4 Å². The van der Waals surface area contributed by atoms with Gasteiger partial charge in [0, 0.05) is 12.1 Å². The summed E-state index contributed by atoms with van der Waals surface area (Å²) in [6.07, 6.45) is 9.86. The summed E-state index contributed by atoms with van der Waals surface area (Å²) in [6.45, 7) is 4.51. The van der Waals surface area contributed by atoms with Gasteiger partial charge >= 0.3 is 0 Å². The second kappa shape index (κ2) is 7.24. The zero-order valence-electron chi connectivity index (χ0n) is 10.3. The van der Waals surface area contributed by atoms with Crippen LogP contribution in [-0.2, 0) is 0 Å². The number of hydrogen-bond acceptors (Lipinski definition) is 2. The van der Waals surface area contributed by atoms with E-state index < -0.39 is 0 Å². The Morgan fingerprint density at radius 2 is 1.80 bits per heavy atom. The average Bonchev–Trinajstić information content (AvgIpc) is 2.27. The summed E-state index contributed by atoms with van der Waals surface area (Å²) in [7, 11) is 0. The molecular formula is C13H27NO. The Balaban J connectivity index is 2.07. The van der Waals surface area contributed by atoms with E-state index in [1.54, 1.807) is 0 Å². The molecule has 2 N–H and O–H groups in total. The first-order valence-corrected chi connectivity index (χ1v) is 6.59. The minimum atomic E-state index is 0.242. The lowest BCUT2D eigenvalue weighted by Gasteiger charge is -2.24. The van der Waals surface area contributed by atoms with Gasteiger partial charge in [0.05, 0.1) is 6.61 Å². The molecule has 0 aromatic heterocycles. The molecule has 1 fully saturated rings. The molecule has 90 valence electrons. The van der Waals surface area contributed by atoms with E-state index in [0.717, 1.165) is 5.92 Å². The van der Waals surface area contributed by atoms with Crippen LogP contribution in [0.4, 0.5) is 0 Å². The van der Waals surface area contributed by atoms with Gasteiger partial charge in [0.25, 0.3) is 0 Å². The molecule has 2 heteroatoms. The van der Waals surface area contributed by atoms with Gasteiger partial charge in [-0.15, -0.1) is 0 Å². The van der Waals surface area contributed by atoms with E-state index in [1.807, 2.05) is 6.92 Å². The van der Waals surface area contributed by atoms with Crippen molar-refractivity contribution in [1.29, 1.82) is 0 Å². The fourth-order valence-electron chi connectivity index (χ4n) is 2.58. The second-order valence-corrected chi connectivity index (χ2v) is 5.23. The normalized spacial score (nSPS) is 22.6. The van der Waals surface area contributed by atoms with Gasteiger partial charge in [-0.3, -0.25) is 0 Å². The highest BCUT2D eigenvalue weighted by Crippen LogP contribution is 2.27. The number of nitrogens with one attached hydrogen (secondary N) is 1. The van der Waals surface area contributed by atoms with Crippen molar-refractivity contribution in [2.75, 3.05) is 6.61 Å². The predicted octanol–water partition coefficient (Wildman–Crippen LogP) is 2.71. The predicted molar refractivity (Wildman–Crippen MR) is 65.0 cm³/mol. The zero-order chi connectivity index (χ0) is 11.1. The fourth-order valence-corrected chi connectivity index (χ4v) is 2.58. The lowest BCUT2D eigenvalue weighted by molar-refractivity contribution is 0.235. The van der Waals surface area contributed by atoms with Gasteiger partial charge in [0.15, 0.2) is 0 Å². The maximum Gasteiger partial charge on any atom is 0.0582 e. The highest BCUT2D eigenvalue weighted by Gasteiger charge is 2.14. The Morgan fingerprint density at radius 1 is 1.13 bits per heavy atom. The van der Waals surface area contributed by atoms with Gasteiger partial charge in [-0.2, -0.15) is 0 Å². The van der Waals surface area contributed by atoms with Crippen molar-refractivity contribution in [2.45, 2.75) is 70.9 Å². The van der Waals surface area contributed by atoms with E-state index in [1.165, 1.54) is 44.9 Å². The first-order valence-electron chi connectivity index (χ1n) is 6.59. The highest BCUT2D eigenvalue weighted by atomic mass is 16.3. The van der Waals surface area contributed by atoms with Crippen molar-refractivity contribution < 1.29 is 5.11 Å². The Labute approximate surface area is 94.5 Å². The van der Waals surface area contributed by atoms with Crippen LogP contribution in [0.2, 0.25) is 0 Å². The van der Waals surface area contributed by atoms with E-state index in [2.05, 4.69) is 12.2 Å². The standard InChI is InChI=1S/C13H27NO/c1-11(14-12(2)10-15)8-9-13-6-4-3-5-7-13/h11-15H,3-10H2,1-2H3. The van der Waals surface area contributed by atoms with Crippen molar-refractivity contribution in [2.24, 2.45) is 5.92 Å². The summed E-state index contributed by atoms with van der Waals surface area (Å²) in [5.74, 6) is 0.979. The van der Waals surface area contributed by atoms with Gasteiger partial charge in [-0.25, -0.2) is 0 Å². The van der Waals surface area contributed by atoms with E-state index >= 15 is 0 Å². The van der Waals surface area contributed by atoms with Crippen LogP contribution in [0, 0.1) is 5.92 Å². The Hall–Kier alpha value is -0.0800. The first-order chi connectivity index (χ1) is 7.22. The number of hydrogen-bond donors (Lipinski definition) is 2. The van der Waals surface area contributed by atoms with Crippen molar-refractivity contribution >= 4 is 0 Å². The molecule has 0 bridgehead atoms. The third-order valence-electron chi connectivity index (χ3n) is 3.58. The number of rotatable bonds is 6. The van der Waals surface area contributed by atoms with Crippen LogP contribution in [0.3, 0.4) is 0 Å². The topological polar surface area (TPSA) is 32.3 Å². The Morgan fingerprint density at radius 3 is 2.40 bits per heavy atom. The van der Waals surface area contributed by atoms with Crippen molar-refractivity contribution in [3.05, 3.63) is 0 Å². The summed E-state index contributed by atoms with van der Waals surface area (Å²) in [5, 5.41) is 12.4. The first kappa shape index (κ1) is 13.0. The lowest BCUT2D eigenvalue weighted by atomic mass is 9.85. The largest absolute Gasteiger partial charge is 0.395 e. The van der Waals surface area contributed by atoms with Crippen LogP contribution < -0.4 is 5.32 Å². The van der Waals surface area contributed by atoms with Gasteiger partial charge in [-0.05, 0) is 32.6 Å². The number of aliphatic hydroxyl groups excluding tert-OH is 1. The maximum atomic E-state index is 8.94. The molecule has 0 aliphatic heterocycles. The molecule has 0 radical (unpaired) electrons. The molecule has 1 saturated carbocycles. The molecule has 0 amide bonds. The Kier molecular flexibility index (Phi) is 6.26. The molecule has 0 aromatic rings. The smallest absolute Gasteiger partial charge is 0.0582 e. The lowest BCUT2D eigenvalue weighted by Crippen LogP contribution is -2.37. The summed E-state index contributed by atoms with van der Waals surface area (Å²) in [4.78, 5) is 0. The molecular weight excluding hydrogens is 186 g/mol. The molecule has 15 heavy (non-hydrogen) atoms. The van der Waals surface area contributed by atoms with E-state index in [9.17, 15) is 0 Å². The van der Waals surface area contributed by atoms with E-state index in [-0.39, 0.29) is 12.6 Å². The molecule has 2 unspecified atom stereocenters. The van der Waals surface area contributed by atoms with Crippen LogP contribution in [0.5, 0.6) is 0 Å². The van der Waals surface area contributed by atoms with Crippen LogP contribution in [-0.4, -0.2) is 23.8 Å². The average molecular weight is 213 g/mol. The second-order valence-electron chi connectivity index (χ2n) is 5.23. The van der Waals surface area contributed by atoms with Crippen molar-refractivity contribution in [3.63, 3.8) is 0 Å². The Bertz CT molecular complexity index is 155. The minimum absolute atomic E-state index is 0.242. The third-order valence-corrected chi connectivity index (χ3v) is 3.58. The minimum Gasteiger partial charge on any atom is -0.395 e. The van der Waals surface area contributed by atoms with Gasteiger partial charge in [0.2, 0.25) is 0 Å². The SMILES string of the molecule is CC(CO)NC(C)CCC1CCCCC1. The molecule has 0 aromatic carbocycles. The maximum absolute atomic E-state index is 8.94. The quantitative estimate of drug-likeness (QED) is 0.711. The third kappa shape index (κ3) is 5.53. The van der Waals surface area contributed by atoms with Crippen molar-refractivity contribution in [1.82, 2.24) is 5.32 Å². The molecule has 1 aliphatic rings. The van der Waals surface area contributed by atoms with E-state index in [4.69, 9.17) is 5.11 Å². The summed E-state index contributed by atoms with van der Waals surface area (Å²) in [5.41, 5.74) is 0. The number of aliphatic hydroxyl groups is 1. The molecule has 1 rings (SSSR count). The van der Waals surface area contributed by atoms with Crippen LogP contribution >= 0.6 is 0 Å². The van der Waals surface area contributed by atoms with Gasteiger partial charge in [0.1, 0.15) is 0 Å². The molecule has 2 atom stereocenters. The molecule has 0 saturated heterocycles. The van der Waals surface area contributed by atoms with Crippen molar-refractivity contribution in [3.8, 4) is 0 Å². The molecule has 0 heterocycles. The highest BCUT2D eigenvalue weighted by molar-refractivity contribution is 4.71. The summed E-state index contributed by atoms with van der Waals surface area (Å²) >= 11 is 0. The van der Waals surface area contributed by atoms with E-state index in [0.29, 0.717) is 6.04 Å². The van der Waals surface area contributed by atoms with Crippen LogP contribution in [0.15, 0.2) is 0 Å². The zero-order valence-corrected chi connectivity index (χ0v) is 10.3. The molecule has 1 aliphatic carbocycles. The van der Waals surface area contributed by atoms with Crippen LogP contribution in [0.25, 0.3) is 0 Å². The summed E-state index contributed by atoms with van der Waals surface area (Å²) in [6, 6.07) is 0.792. The molecule has 2 nitrogen and oxygen atoms in total. The van der Waals surface area contributed by atoms with Gasteiger partial charge in [-0.1, -0.05) is 32.1 Å². The van der Waals surface area contributed by atoms with Crippen LogP contribution in [0.1, 0.15) is 58.8 Å². The summed E-state index contributed by atoms with van der Waals surface area (Å²) < 4.78 is 0. The molecule has 0 spiro atoms. The fraction of sp³-hybridized carbons (Fsp3) is 1.00. The monoisotopic (exact) mass is 213 g/mol.